The summed E-state index contributed by atoms with van der Waals surface area (Å²) in [5, 5.41) is 11.6. The van der Waals surface area contributed by atoms with E-state index in [1.807, 2.05) is 6.92 Å². The second kappa shape index (κ2) is 8.11. The molecule has 3 N–H and O–H groups in total. The van der Waals surface area contributed by atoms with Crippen LogP contribution < -0.4 is 10.2 Å². The van der Waals surface area contributed by atoms with Crippen LogP contribution in [0.25, 0.3) is 0 Å². The molecule has 1 rings (SSSR count). The van der Waals surface area contributed by atoms with Gasteiger partial charge in [0.05, 0.1) is 13.2 Å². The Morgan fingerprint density at radius 3 is 2.57 bits per heavy atom. The minimum absolute atomic E-state index is 0.167. The number of benzene rings is 1. The summed E-state index contributed by atoms with van der Waals surface area (Å²) in [6.45, 7) is 3.21. The molecule has 21 heavy (non-hydrogen) atoms. The monoisotopic (exact) mass is 319 g/mol. The predicted octanol–water partition coefficient (Wildman–Crippen LogP) is 0.919. The van der Waals surface area contributed by atoms with Gasteiger partial charge in [0.25, 0.3) is 0 Å². The van der Waals surface area contributed by atoms with E-state index < -0.39 is 26.1 Å². The molecule has 0 radical (unpaired) electrons. The van der Waals surface area contributed by atoms with Gasteiger partial charge in [0.15, 0.2) is 5.75 Å². The quantitative estimate of drug-likeness (QED) is 0.213. The van der Waals surface area contributed by atoms with E-state index >= 15 is 0 Å². The summed E-state index contributed by atoms with van der Waals surface area (Å²) in [5.74, 6) is -2.45. The number of hydrogen-bond donors (Lipinski definition) is 3. The van der Waals surface area contributed by atoms with Crippen LogP contribution >= 0.6 is 7.60 Å². The van der Waals surface area contributed by atoms with Crippen LogP contribution in [0.15, 0.2) is 24.3 Å². The lowest BCUT2D eigenvalue weighted by molar-refractivity contribution is -0.142. The molecule has 0 amide bonds. The molecule has 0 bridgehead atoms. The van der Waals surface area contributed by atoms with Crippen LogP contribution in [-0.2, 0) is 18.8 Å². The van der Waals surface area contributed by atoms with Crippen molar-refractivity contribution >= 4 is 13.6 Å². The van der Waals surface area contributed by atoms with Crippen molar-refractivity contribution in [1.29, 1.82) is 0 Å². The van der Waals surface area contributed by atoms with Gasteiger partial charge in [0.2, 0.25) is 5.97 Å². The van der Waals surface area contributed by atoms with Crippen molar-refractivity contribution in [3.63, 3.8) is 0 Å². The fourth-order valence-corrected chi connectivity index (χ4v) is 1.83. The molecule has 8 nitrogen and oxygen atoms in total. The van der Waals surface area contributed by atoms with E-state index in [4.69, 9.17) is 0 Å². The zero-order valence-corrected chi connectivity index (χ0v) is 12.6. The molecule has 0 aliphatic heterocycles. The number of rotatable bonds is 8. The Bertz CT molecular complexity index is 505. The van der Waals surface area contributed by atoms with Crippen molar-refractivity contribution in [2.75, 3.05) is 13.2 Å². The third-order valence-corrected chi connectivity index (χ3v) is 3.39. The van der Waals surface area contributed by atoms with E-state index in [1.165, 1.54) is 12.1 Å². The summed E-state index contributed by atoms with van der Waals surface area (Å²) < 4.78 is 20.6. The van der Waals surface area contributed by atoms with Gasteiger partial charge < -0.3 is 19.6 Å². The number of carbonyl (C=O) groups is 1. The maximum atomic E-state index is 11.7. The lowest BCUT2D eigenvalue weighted by atomic mass is 10.2. The Morgan fingerprint density at radius 2 is 2.00 bits per heavy atom. The van der Waals surface area contributed by atoms with Crippen molar-refractivity contribution < 1.29 is 33.7 Å². The van der Waals surface area contributed by atoms with Crippen LogP contribution in [0.4, 0.5) is 0 Å². The highest BCUT2D eigenvalue weighted by atomic mass is 31.2. The van der Waals surface area contributed by atoms with Gasteiger partial charge in [-0.1, -0.05) is 22.4 Å². The summed E-state index contributed by atoms with van der Waals surface area (Å²) in [6.07, 6.45) is 0. The van der Waals surface area contributed by atoms with Gasteiger partial charge in [-0.3, -0.25) is 14.7 Å². The van der Waals surface area contributed by atoms with Crippen molar-refractivity contribution in [1.82, 2.24) is 5.32 Å². The molecule has 0 aromatic heterocycles. The van der Waals surface area contributed by atoms with E-state index in [2.05, 4.69) is 19.6 Å². The maximum absolute atomic E-state index is 11.7. The van der Waals surface area contributed by atoms with Gasteiger partial charge >= 0.3 is 13.6 Å². The topological polar surface area (TPSA) is 114 Å². The maximum Gasteiger partial charge on any atom is 0.408 e. The first kappa shape index (κ1) is 17.6. The molecule has 1 aromatic rings. The third kappa shape index (κ3) is 6.24. The number of aliphatic hydroxyl groups is 1. The summed E-state index contributed by atoms with van der Waals surface area (Å²) >= 11 is 0. The smallest absolute Gasteiger partial charge is 0.408 e. The lowest BCUT2D eigenvalue weighted by Gasteiger charge is -2.17. The second-order valence-corrected chi connectivity index (χ2v) is 5.86. The Kier molecular flexibility index (Phi) is 6.80. The summed E-state index contributed by atoms with van der Waals surface area (Å²) in [4.78, 5) is 25.2. The molecule has 0 saturated heterocycles. The predicted molar refractivity (Wildman–Crippen MR) is 73.4 cm³/mol. The number of esters is 1. The van der Waals surface area contributed by atoms with Crippen LogP contribution in [0.5, 0.6) is 5.75 Å². The van der Waals surface area contributed by atoms with Gasteiger partial charge in [-0.15, -0.1) is 0 Å². The zero-order chi connectivity index (χ0) is 15.9. The highest BCUT2D eigenvalue weighted by Gasteiger charge is 2.33. The van der Waals surface area contributed by atoms with Gasteiger partial charge in [0.1, 0.15) is 0 Å². The van der Waals surface area contributed by atoms with Crippen LogP contribution in [0, 0.1) is 6.92 Å². The molecule has 2 unspecified atom stereocenters. The van der Waals surface area contributed by atoms with Crippen molar-refractivity contribution in [2.24, 2.45) is 0 Å². The Morgan fingerprint density at radius 1 is 1.38 bits per heavy atom. The average Bonchev–Trinajstić information content (AvgIpc) is 2.44. The van der Waals surface area contributed by atoms with Crippen molar-refractivity contribution in [2.45, 2.75) is 19.8 Å². The van der Waals surface area contributed by atoms with E-state index in [1.54, 1.807) is 19.1 Å². The molecular formula is C12H18NO7P. The Labute approximate surface area is 122 Å². The number of ether oxygens (including phenoxy) is 1. The molecule has 0 heterocycles. The van der Waals surface area contributed by atoms with Crippen LogP contribution in [-0.4, -0.2) is 35.1 Å². The molecule has 1 aromatic carbocycles. The van der Waals surface area contributed by atoms with Crippen molar-refractivity contribution in [3.8, 4) is 5.75 Å². The van der Waals surface area contributed by atoms with E-state index in [0.29, 0.717) is 0 Å². The number of aryl methyl sites for hydroxylation is 1. The van der Waals surface area contributed by atoms with E-state index in [-0.39, 0.29) is 12.4 Å². The Hall–Kier alpha value is -1.44. The SMILES string of the molecule is CCOC(=O)CNC(O)P(=O)(O)OOc1ccc(C)cc1. The zero-order valence-electron chi connectivity index (χ0n) is 11.7. The first-order valence-corrected chi connectivity index (χ1v) is 7.82. The largest absolute Gasteiger partial charge is 0.465 e. The van der Waals surface area contributed by atoms with Crippen molar-refractivity contribution in [3.05, 3.63) is 29.8 Å². The van der Waals surface area contributed by atoms with Gasteiger partial charge in [-0.05, 0) is 26.0 Å². The molecule has 9 heteroatoms. The molecule has 0 saturated carbocycles. The molecule has 118 valence electrons. The normalized spacial score (nSPS) is 15.0. The molecule has 2 atom stereocenters. The molecular weight excluding hydrogens is 301 g/mol. The van der Waals surface area contributed by atoms with E-state index in [0.717, 1.165) is 5.56 Å². The third-order valence-electron chi connectivity index (χ3n) is 2.30. The number of nitrogens with one attached hydrogen (secondary N) is 1. The summed E-state index contributed by atoms with van der Waals surface area (Å²) in [6, 6.07) is 6.51. The minimum Gasteiger partial charge on any atom is -0.465 e. The second-order valence-electron chi connectivity index (χ2n) is 4.09. The molecule has 0 spiro atoms. The number of aliphatic hydroxyl groups excluding tert-OH is 1. The summed E-state index contributed by atoms with van der Waals surface area (Å²) in [7, 11) is -4.52. The average molecular weight is 319 g/mol. The number of hydrogen-bond acceptors (Lipinski definition) is 7. The molecule has 0 fully saturated rings. The molecule has 0 aliphatic rings. The first-order chi connectivity index (χ1) is 9.85. The standard InChI is InChI=1S/C12H18NO7P/c1-3-18-11(14)8-13-12(15)21(16,17)20-19-10-6-4-9(2)5-7-10/h4-7,12-13,15H,3,8H2,1-2H3,(H,16,17). The van der Waals surface area contributed by atoms with Crippen LogP contribution in [0.1, 0.15) is 12.5 Å². The van der Waals surface area contributed by atoms with Gasteiger partial charge in [-0.25, -0.2) is 0 Å². The fraction of sp³-hybridized carbons (Fsp3) is 0.417. The highest BCUT2D eigenvalue weighted by molar-refractivity contribution is 7.53. The first-order valence-electron chi connectivity index (χ1n) is 6.17. The van der Waals surface area contributed by atoms with Crippen LogP contribution in [0.2, 0.25) is 0 Å². The molecule has 0 aliphatic carbocycles. The van der Waals surface area contributed by atoms with Gasteiger partial charge in [-0.2, -0.15) is 0 Å². The highest BCUT2D eigenvalue weighted by Crippen LogP contribution is 2.45. The Balaban J connectivity index is 2.46. The van der Waals surface area contributed by atoms with Gasteiger partial charge in [0, 0.05) is 0 Å². The summed E-state index contributed by atoms with van der Waals surface area (Å²) in [5.41, 5.74) is 0.977. The number of carbonyl (C=O) groups excluding carboxylic acids is 1. The lowest BCUT2D eigenvalue weighted by Crippen LogP contribution is -2.34. The minimum atomic E-state index is -4.52. The van der Waals surface area contributed by atoms with E-state index in [9.17, 15) is 19.4 Å². The fourth-order valence-electron chi connectivity index (χ4n) is 1.23. The van der Waals surface area contributed by atoms with Crippen LogP contribution in [0.3, 0.4) is 0 Å².